The highest BCUT2D eigenvalue weighted by Gasteiger charge is 2.06. The van der Waals surface area contributed by atoms with Crippen LogP contribution < -0.4 is 0 Å². The van der Waals surface area contributed by atoms with Crippen LogP contribution in [-0.4, -0.2) is 4.57 Å². The Morgan fingerprint density at radius 1 is 1.53 bits per heavy atom. The van der Waals surface area contributed by atoms with E-state index in [1.807, 2.05) is 29.0 Å². The van der Waals surface area contributed by atoms with E-state index in [2.05, 4.69) is 25.6 Å². The average Bonchev–Trinajstić information content (AvgIpc) is 2.57. The molecule has 0 amide bonds. The van der Waals surface area contributed by atoms with Crippen LogP contribution >= 0.6 is 0 Å². The van der Waals surface area contributed by atoms with Gasteiger partial charge in [-0.3, -0.25) is 0 Å². The van der Waals surface area contributed by atoms with Crippen LogP contribution in [0.1, 0.15) is 11.1 Å². The zero-order valence-electron chi connectivity index (χ0n) is 8.70. The number of fused-ring (bicyclic) bond motifs is 1. The van der Waals surface area contributed by atoms with Crippen LogP contribution in [0.2, 0.25) is 0 Å². The molecule has 1 heterocycles. The SMILES string of the molecule is C=CCn1cc(C#N)c2ccc(C)cc21. The Bertz CT molecular complexity index is 556. The zero-order valence-corrected chi connectivity index (χ0v) is 8.70. The van der Waals surface area contributed by atoms with Crippen LogP contribution in [-0.2, 0) is 6.54 Å². The molecule has 15 heavy (non-hydrogen) atoms. The first kappa shape index (κ1) is 9.54. The Kier molecular flexibility index (Phi) is 2.31. The summed E-state index contributed by atoms with van der Waals surface area (Å²) in [5, 5.41) is 10.0. The quantitative estimate of drug-likeness (QED) is 0.679. The summed E-state index contributed by atoms with van der Waals surface area (Å²) in [6.45, 7) is 6.51. The third kappa shape index (κ3) is 1.53. The Morgan fingerprint density at radius 2 is 2.33 bits per heavy atom. The molecule has 0 saturated carbocycles. The summed E-state index contributed by atoms with van der Waals surface area (Å²) in [6, 6.07) is 8.34. The topological polar surface area (TPSA) is 28.7 Å². The van der Waals surface area contributed by atoms with Gasteiger partial charge in [0.25, 0.3) is 0 Å². The lowest BCUT2D eigenvalue weighted by Crippen LogP contribution is -1.91. The van der Waals surface area contributed by atoms with Gasteiger partial charge < -0.3 is 4.57 Å². The highest BCUT2D eigenvalue weighted by molar-refractivity contribution is 5.86. The van der Waals surface area contributed by atoms with Crippen molar-refractivity contribution in [2.45, 2.75) is 13.5 Å². The maximum atomic E-state index is 9.00. The van der Waals surface area contributed by atoms with E-state index in [-0.39, 0.29) is 0 Å². The molecule has 0 aliphatic heterocycles. The summed E-state index contributed by atoms with van der Waals surface area (Å²) in [7, 11) is 0. The number of nitrogens with zero attached hydrogens (tertiary/aromatic N) is 2. The molecule has 0 bridgehead atoms. The van der Waals surface area contributed by atoms with Gasteiger partial charge in [-0.25, -0.2) is 0 Å². The molecule has 1 aromatic carbocycles. The molecule has 0 aliphatic carbocycles. The second-order valence-electron chi connectivity index (χ2n) is 3.62. The van der Waals surface area contributed by atoms with E-state index in [4.69, 9.17) is 5.26 Å². The normalized spacial score (nSPS) is 10.1. The number of nitriles is 1. The molecule has 0 N–H and O–H groups in total. The number of hydrogen-bond donors (Lipinski definition) is 0. The molecule has 2 aromatic rings. The van der Waals surface area contributed by atoms with Crippen molar-refractivity contribution >= 4 is 10.9 Å². The Hall–Kier alpha value is -2.01. The highest BCUT2D eigenvalue weighted by Crippen LogP contribution is 2.22. The summed E-state index contributed by atoms with van der Waals surface area (Å²) < 4.78 is 2.05. The number of rotatable bonds is 2. The van der Waals surface area contributed by atoms with E-state index in [0.717, 1.165) is 23.0 Å². The monoisotopic (exact) mass is 196 g/mol. The molecule has 74 valence electrons. The van der Waals surface area contributed by atoms with Crippen LogP contribution in [0.15, 0.2) is 37.1 Å². The van der Waals surface area contributed by atoms with Crippen molar-refractivity contribution in [1.29, 1.82) is 5.26 Å². The Morgan fingerprint density at radius 3 is 3.00 bits per heavy atom. The van der Waals surface area contributed by atoms with Crippen LogP contribution in [0, 0.1) is 18.3 Å². The molecule has 1 aromatic heterocycles. The lowest BCUT2D eigenvalue weighted by molar-refractivity contribution is 0.864. The van der Waals surface area contributed by atoms with Gasteiger partial charge in [0, 0.05) is 23.6 Å². The molecular weight excluding hydrogens is 184 g/mol. The van der Waals surface area contributed by atoms with Gasteiger partial charge in [-0.15, -0.1) is 6.58 Å². The number of allylic oxidation sites excluding steroid dienone is 1. The third-order valence-corrected chi connectivity index (χ3v) is 2.48. The van der Waals surface area contributed by atoms with E-state index < -0.39 is 0 Å². The van der Waals surface area contributed by atoms with Crippen molar-refractivity contribution in [3.63, 3.8) is 0 Å². The first-order valence-electron chi connectivity index (χ1n) is 4.86. The van der Waals surface area contributed by atoms with Gasteiger partial charge in [-0.2, -0.15) is 5.26 Å². The van der Waals surface area contributed by atoms with Crippen LogP contribution in [0.5, 0.6) is 0 Å². The lowest BCUT2D eigenvalue weighted by atomic mass is 10.1. The minimum absolute atomic E-state index is 0.729. The summed E-state index contributed by atoms with van der Waals surface area (Å²) in [5.41, 5.74) is 3.04. The number of benzene rings is 1. The minimum Gasteiger partial charge on any atom is -0.342 e. The largest absolute Gasteiger partial charge is 0.342 e. The van der Waals surface area contributed by atoms with E-state index in [9.17, 15) is 0 Å². The molecule has 0 aliphatic rings. The summed E-state index contributed by atoms with van der Waals surface area (Å²) >= 11 is 0. The molecule has 0 saturated heterocycles. The lowest BCUT2D eigenvalue weighted by Gasteiger charge is -2.01. The molecule has 0 radical (unpaired) electrons. The maximum Gasteiger partial charge on any atom is 0.101 e. The van der Waals surface area contributed by atoms with E-state index in [1.165, 1.54) is 5.56 Å². The first-order valence-corrected chi connectivity index (χ1v) is 4.86. The highest BCUT2D eigenvalue weighted by atomic mass is 14.9. The fourth-order valence-electron chi connectivity index (χ4n) is 1.78. The molecular formula is C13H12N2. The molecule has 2 rings (SSSR count). The maximum absolute atomic E-state index is 9.00. The average molecular weight is 196 g/mol. The minimum atomic E-state index is 0.729. The summed E-state index contributed by atoms with van der Waals surface area (Å²) in [6.07, 6.45) is 3.72. The summed E-state index contributed by atoms with van der Waals surface area (Å²) in [4.78, 5) is 0. The van der Waals surface area contributed by atoms with Gasteiger partial charge in [-0.1, -0.05) is 18.2 Å². The number of aryl methyl sites for hydroxylation is 1. The standard InChI is InChI=1S/C13H12N2/c1-3-6-15-9-11(8-14)12-5-4-10(2)7-13(12)15/h3-5,7,9H,1,6H2,2H3. The van der Waals surface area contributed by atoms with E-state index >= 15 is 0 Å². The number of hydrogen-bond acceptors (Lipinski definition) is 1. The predicted octanol–water partition coefficient (Wildman–Crippen LogP) is 3.01. The van der Waals surface area contributed by atoms with Gasteiger partial charge in [0.2, 0.25) is 0 Å². The third-order valence-electron chi connectivity index (χ3n) is 2.48. The molecule has 0 unspecified atom stereocenters. The second kappa shape index (κ2) is 3.62. The van der Waals surface area contributed by atoms with Crippen LogP contribution in [0.25, 0.3) is 10.9 Å². The van der Waals surface area contributed by atoms with Crippen molar-refractivity contribution in [3.05, 3.63) is 48.2 Å². The van der Waals surface area contributed by atoms with E-state index in [1.54, 1.807) is 0 Å². The van der Waals surface area contributed by atoms with Gasteiger partial charge >= 0.3 is 0 Å². The van der Waals surface area contributed by atoms with E-state index in [0.29, 0.717) is 0 Å². The van der Waals surface area contributed by atoms with Gasteiger partial charge in [-0.05, 0) is 18.6 Å². The molecule has 0 spiro atoms. The van der Waals surface area contributed by atoms with Crippen molar-refractivity contribution in [3.8, 4) is 6.07 Å². The van der Waals surface area contributed by atoms with Crippen LogP contribution in [0.4, 0.5) is 0 Å². The van der Waals surface area contributed by atoms with Crippen molar-refractivity contribution < 1.29 is 0 Å². The Labute approximate surface area is 89.1 Å². The fourth-order valence-corrected chi connectivity index (χ4v) is 1.78. The zero-order chi connectivity index (χ0) is 10.8. The van der Waals surface area contributed by atoms with Crippen molar-refractivity contribution in [2.75, 3.05) is 0 Å². The molecule has 0 fully saturated rings. The van der Waals surface area contributed by atoms with Gasteiger partial charge in [0.1, 0.15) is 6.07 Å². The van der Waals surface area contributed by atoms with Crippen molar-refractivity contribution in [1.82, 2.24) is 4.57 Å². The van der Waals surface area contributed by atoms with Crippen LogP contribution in [0.3, 0.4) is 0 Å². The molecule has 2 nitrogen and oxygen atoms in total. The first-order chi connectivity index (χ1) is 7.26. The van der Waals surface area contributed by atoms with Gasteiger partial charge in [0.05, 0.1) is 5.56 Å². The second-order valence-corrected chi connectivity index (χ2v) is 3.62. The Balaban J connectivity index is 2.76. The predicted molar refractivity (Wildman–Crippen MR) is 61.6 cm³/mol. The molecule has 2 heteroatoms. The number of aromatic nitrogens is 1. The van der Waals surface area contributed by atoms with Gasteiger partial charge in [0.15, 0.2) is 0 Å². The molecule has 0 atom stereocenters. The smallest absolute Gasteiger partial charge is 0.101 e. The fraction of sp³-hybridized carbons (Fsp3) is 0.154. The van der Waals surface area contributed by atoms with Crippen molar-refractivity contribution in [2.24, 2.45) is 0 Å². The summed E-state index contributed by atoms with van der Waals surface area (Å²) in [5.74, 6) is 0.